The smallest absolute Gasteiger partial charge is 0.233 e. The third kappa shape index (κ3) is 11.3. The first-order valence-corrected chi connectivity index (χ1v) is 5.31. The first-order chi connectivity index (χ1) is 7.16. The third-order valence-corrected chi connectivity index (χ3v) is 1.68. The van der Waals surface area contributed by atoms with Crippen molar-refractivity contribution in [3.8, 4) is 0 Å². The Morgan fingerprint density at radius 1 is 1.27 bits per heavy atom. The van der Waals surface area contributed by atoms with Gasteiger partial charge in [0.25, 0.3) is 0 Å². The summed E-state index contributed by atoms with van der Waals surface area (Å²) in [4.78, 5) is 10.7. The summed E-state index contributed by atoms with van der Waals surface area (Å²) in [6.07, 6.45) is 1.09. The molecule has 5 heteroatoms. The van der Waals surface area contributed by atoms with Crippen molar-refractivity contribution in [2.75, 3.05) is 26.4 Å². The molecule has 0 saturated heterocycles. The van der Waals surface area contributed by atoms with E-state index >= 15 is 0 Å². The van der Waals surface area contributed by atoms with Gasteiger partial charge in [-0.3, -0.25) is 10.2 Å². The number of hydrogen-bond donors (Lipinski definition) is 2. The van der Waals surface area contributed by atoms with Crippen LogP contribution in [0.25, 0.3) is 0 Å². The highest BCUT2D eigenvalue weighted by atomic mass is 16.5. The number of carbonyl (C=O) groups excluding carboxylic acids is 1. The van der Waals surface area contributed by atoms with Crippen LogP contribution in [0, 0.1) is 5.92 Å². The van der Waals surface area contributed by atoms with E-state index in [0.29, 0.717) is 38.6 Å². The topological polar surface area (TPSA) is 73.6 Å². The summed E-state index contributed by atoms with van der Waals surface area (Å²) in [5, 5.41) is 0. The molecular formula is C10H22N2O3. The van der Waals surface area contributed by atoms with Gasteiger partial charge in [0.05, 0.1) is 13.2 Å². The SMILES string of the molecule is CC(C)COCCOCCCC(=O)NN. The van der Waals surface area contributed by atoms with Crippen LogP contribution >= 0.6 is 0 Å². The Morgan fingerprint density at radius 3 is 2.53 bits per heavy atom. The van der Waals surface area contributed by atoms with Crippen molar-refractivity contribution in [1.82, 2.24) is 5.43 Å². The van der Waals surface area contributed by atoms with E-state index in [0.717, 1.165) is 6.61 Å². The predicted octanol–water partition coefficient (Wildman–Crippen LogP) is 0.446. The molecule has 0 fully saturated rings. The summed E-state index contributed by atoms with van der Waals surface area (Å²) in [7, 11) is 0. The minimum absolute atomic E-state index is 0.158. The van der Waals surface area contributed by atoms with Gasteiger partial charge in [-0.25, -0.2) is 5.84 Å². The molecule has 15 heavy (non-hydrogen) atoms. The van der Waals surface area contributed by atoms with Crippen molar-refractivity contribution in [1.29, 1.82) is 0 Å². The normalized spacial score (nSPS) is 10.7. The molecule has 0 unspecified atom stereocenters. The summed E-state index contributed by atoms with van der Waals surface area (Å²) >= 11 is 0. The van der Waals surface area contributed by atoms with Crippen molar-refractivity contribution < 1.29 is 14.3 Å². The van der Waals surface area contributed by atoms with E-state index in [1.54, 1.807) is 0 Å². The second-order valence-corrected chi connectivity index (χ2v) is 3.75. The van der Waals surface area contributed by atoms with Crippen LogP contribution in [0.3, 0.4) is 0 Å². The second-order valence-electron chi connectivity index (χ2n) is 3.75. The minimum Gasteiger partial charge on any atom is -0.379 e. The van der Waals surface area contributed by atoms with Crippen LogP contribution in [0.15, 0.2) is 0 Å². The molecule has 3 N–H and O–H groups in total. The molecule has 0 saturated carbocycles. The molecule has 0 aromatic rings. The molecule has 0 aromatic heterocycles. The van der Waals surface area contributed by atoms with E-state index in [2.05, 4.69) is 19.3 Å². The first-order valence-electron chi connectivity index (χ1n) is 5.31. The van der Waals surface area contributed by atoms with Crippen molar-refractivity contribution in [3.05, 3.63) is 0 Å². The zero-order chi connectivity index (χ0) is 11.5. The summed E-state index contributed by atoms with van der Waals surface area (Å²) in [6.45, 7) is 6.73. The fourth-order valence-electron chi connectivity index (χ4n) is 0.946. The molecule has 0 aliphatic rings. The summed E-state index contributed by atoms with van der Waals surface area (Å²) in [5.41, 5.74) is 2.07. The summed E-state index contributed by atoms with van der Waals surface area (Å²) < 4.78 is 10.6. The zero-order valence-corrected chi connectivity index (χ0v) is 9.62. The number of ether oxygens (including phenoxy) is 2. The lowest BCUT2D eigenvalue weighted by Gasteiger charge is -2.07. The van der Waals surface area contributed by atoms with Gasteiger partial charge in [-0.15, -0.1) is 0 Å². The lowest BCUT2D eigenvalue weighted by molar-refractivity contribution is -0.121. The Kier molecular flexibility index (Phi) is 9.46. The van der Waals surface area contributed by atoms with Gasteiger partial charge in [-0.1, -0.05) is 13.8 Å². The van der Waals surface area contributed by atoms with Crippen molar-refractivity contribution >= 4 is 5.91 Å². The van der Waals surface area contributed by atoms with E-state index in [1.165, 1.54) is 0 Å². The van der Waals surface area contributed by atoms with E-state index < -0.39 is 0 Å². The first kappa shape index (κ1) is 14.3. The Labute approximate surface area is 91.3 Å². The van der Waals surface area contributed by atoms with Crippen molar-refractivity contribution in [2.24, 2.45) is 11.8 Å². The average Bonchev–Trinajstić information content (AvgIpc) is 2.21. The van der Waals surface area contributed by atoms with Gasteiger partial charge >= 0.3 is 0 Å². The van der Waals surface area contributed by atoms with Gasteiger partial charge in [-0.05, 0) is 12.3 Å². The third-order valence-electron chi connectivity index (χ3n) is 1.68. The van der Waals surface area contributed by atoms with Crippen LogP contribution < -0.4 is 11.3 Å². The van der Waals surface area contributed by atoms with Gasteiger partial charge in [0.2, 0.25) is 5.91 Å². The largest absolute Gasteiger partial charge is 0.379 e. The zero-order valence-electron chi connectivity index (χ0n) is 9.62. The Hall–Kier alpha value is -0.650. The van der Waals surface area contributed by atoms with Gasteiger partial charge in [0, 0.05) is 19.6 Å². The van der Waals surface area contributed by atoms with Crippen LogP contribution in [0.5, 0.6) is 0 Å². The minimum atomic E-state index is -0.158. The molecule has 0 spiro atoms. The lowest BCUT2D eigenvalue weighted by atomic mass is 10.2. The number of nitrogens with one attached hydrogen (secondary N) is 1. The molecule has 0 aliphatic heterocycles. The molecule has 90 valence electrons. The Balaban J connectivity index is 3.02. The van der Waals surface area contributed by atoms with Crippen molar-refractivity contribution in [3.63, 3.8) is 0 Å². The number of hydrogen-bond acceptors (Lipinski definition) is 4. The summed E-state index contributed by atoms with van der Waals surface area (Å²) in [6, 6.07) is 0. The highest BCUT2D eigenvalue weighted by Gasteiger charge is 1.97. The Bertz CT molecular complexity index is 163. The molecule has 1 amide bonds. The predicted molar refractivity (Wildman–Crippen MR) is 58.0 cm³/mol. The average molecular weight is 218 g/mol. The van der Waals surface area contributed by atoms with E-state index in [-0.39, 0.29) is 5.91 Å². The fourth-order valence-corrected chi connectivity index (χ4v) is 0.946. The maximum absolute atomic E-state index is 10.7. The van der Waals surface area contributed by atoms with Gasteiger partial charge in [0.15, 0.2) is 0 Å². The second kappa shape index (κ2) is 9.89. The highest BCUT2D eigenvalue weighted by Crippen LogP contribution is 1.93. The van der Waals surface area contributed by atoms with E-state index in [9.17, 15) is 4.79 Å². The van der Waals surface area contributed by atoms with Gasteiger partial charge < -0.3 is 9.47 Å². The number of hydrazine groups is 1. The van der Waals surface area contributed by atoms with Crippen molar-refractivity contribution in [2.45, 2.75) is 26.7 Å². The van der Waals surface area contributed by atoms with Crippen LogP contribution in [0.4, 0.5) is 0 Å². The van der Waals surface area contributed by atoms with Crippen LogP contribution in [-0.2, 0) is 14.3 Å². The van der Waals surface area contributed by atoms with Crippen LogP contribution in [0.2, 0.25) is 0 Å². The fraction of sp³-hybridized carbons (Fsp3) is 0.900. The number of nitrogens with two attached hydrogens (primary N) is 1. The van der Waals surface area contributed by atoms with E-state index in [1.807, 2.05) is 0 Å². The molecule has 0 radical (unpaired) electrons. The van der Waals surface area contributed by atoms with Gasteiger partial charge in [0.1, 0.15) is 0 Å². The molecule has 0 heterocycles. The lowest BCUT2D eigenvalue weighted by Crippen LogP contribution is -2.29. The maximum Gasteiger partial charge on any atom is 0.233 e. The van der Waals surface area contributed by atoms with Crippen LogP contribution in [-0.4, -0.2) is 32.3 Å². The standard InChI is InChI=1S/C10H22N2O3/c1-9(2)8-15-7-6-14-5-3-4-10(13)12-11/h9H,3-8,11H2,1-2H3,(H,12,13). The van der Waals surface area contributed by atoms with E-state index in [4.69, 9.17) is 15.3 Å². The highest BCUT2D eigenvalue weighted by molar-refractivity contribution is 5.75. The number of amides is 1. The molecule has 5 nitrogen and oxygen atoms in total. The monoisotopic (exact) mass is 218 g/mol. The quantitative estimate of drug-likeness (QED) is 0.255. The molecule has 0 aromatic carbocycles. The maximum atomic E-state index is 10.7. The molecule has 0 bridgehead atoms. The molecular weight excluding hydrogens is 196 g/mol. The van der Waals surface area contributed by atoms with Crippen LogP contribution in [0.1, 0.15) is 26.7 Å². The molecule has 0 rings (SSSR count). The number of rotatable bonds is 9. The molecule has 0 aliphatic carbocycles. The number of carbonyl (C=O) groups is 1. The summed E-state index contributed by atoms with van der Waals surface area (Å²) in [5.74, 6) is 5.32. The van der Waals surface area contributed by atoms with Gasteiger partial charge in [-0.2, -0.15) is 0 Å². The Morgan fingerprint density at radius 2 is 1.93 bits per heavy atom. The molecule has 0 atom stereocenters.